The van der Waals surface area contributed by atoms with Crippen LogP contribution < -0.4 is 5.32 Å². The molecule has 0 aromatic rings. The van der Waals surface area contributed by atoms with Gasteiger partial charge in [-0.1, -0.05) is 41.0 Å². The fourth-order valence-corrected chi connectivity index (χ4v) is 2.06. The quantitative estimate of drug-likeness (QED) is 0.720. The summed E-state index contributed by atoms with van der Waals surface area (Å²) in [6.45, 7) is 16.0. The van der Waals surface area contributed by atoms with E-state index in [1.807, 2.05) is 0 Å². The molecule has 0 bridgehead atoms. The van der Waals surface area contributed by atoms with Crippen LogP contribution in [0.5, 0.6) is 0 Å². The van der Waals surface area contributed by atoms with Gasteiger partial charge in [0.25, 0.3) is 0 Å². The fourth-order valence-electron chi connectivity index (χ4n) is 2.06. The van der Waals surface area contributed by atoms with Crippen LogP contribution >= 0.6 is 0 Å². The summed E-state index contributed by atoms with van der Waals surface area (Å²) >= 11 is 0. The smallest absolute Gasteiger partial charge is 0.0194 e. The van der Waals surface area contributed by atoms with Gasteiger partial charge in [-0.05, 0) is 32.4 Å². The Morgan fingerprint density at radius 1 is 1.19 bits per heavy atom. The van der Waals surface area contributed by atoms with Crippen LogP contribution in [0.3, 0.4) is 0 Å². The molecule has 0 aliphatic rings. The molecule has 1 N–H and O–H groups in total. The molecule has 98 valence electrons. The van der Waals surface area contributed by atoms with Crippen molar-refractivity contribution in [1.29, 1.82) is 0 Å². The zero-order chi connectivity index (χ0) is 12.8. The molecular weight excluding hydrogens is 196 g/mol. The number of nitrogens with zero attached hydrogens (tertiary/aromatic N) is 1. The van der Waals surface area contributed by atoms with E-state index in [1.54, 1.807) is 0 Å². The molecule has 0 aliphatic carbocycles. The SMILES string of the molecule is CCCC(CN(C)C(C)C(C)(C)C)NCC. The first kappa shape index (κ1) is 15.9. The van der Waals surface area contributed by atoms with Crippen LogP contribution in [0, 0.1) is 5.41 Å². The minimum absolute atomic E-state index is 0.359. The average molecular weight is 228 g/mol. The highest BCUT2D eigenvalue weighted by Gasteiger charge is 2.25. The summed E-state index contributed by atoms with van der Waals surface area (Å²) in [4.78, 5) is 2.49. The molecule has 0 rings (SSSR count). The maximum atomic E-state index is 3.58. The summed E-state index contributed by atoms with van der Waals surface area (Å²) in [5, 5.41) is 3.58. The molecule has 0 saturated carbocycles. The van der Waals surface area contributed by atoms with Gasteiger partial charge in [0.15, 0.2) is 0 Å². The lowest BCUT2D eigenvalue weighted by Crippen LogP contribution is -2.46. The van der Waals surface area contributed by atoms with E-state index in [2.05, 4.69) is 58.8 Å². The second-order valence-corrected chi connectivity index (χ2v) is 6.02. The van der Waals surface area contributed by atoms with Gasteiger partial charge in [0, 0.05) is 18.6 Å². The Balaban J connectivity index is 4.22. The Morgan fingerprint density at radius 3 is 2.12 bits per heavy atom. The molecule has 2 heteroatoms. The lowest BCUT2D eigenvalue weighted by molar-refractivity contribution is 0.127. The first-order valence-electron chi connectivity index (χ1n) is 6.76. The van der Waals surface area contributed by atoms with E-state index in [9.17, 15) is 0 Å². The van der Waals surface area contributed by atoms with Crippen molar-refractivity contribution >= 4 is 0 Å². The number of likely N-dealkylation sites (N-methyl/N-ethyl adjacent to an activating group) is 2. The van der Waals surface area contributed by atoms with E-state index in [0.717, 1.165) is 13.1 Å². The first-order valence-corrected chi connectivity index (χ1v) is 6.76. The lowest BCUT2D eigenvalue weighted by Gasteiger charge is -2.37. The average Bonchev–Trinajstić information content (AvgIpc) is 2.15. The van der Waals surface area contributed by atoms with Crippen LogP contribution in [0.1, 0.15) is 54.4 Å². The van der Waals surface area contributed by atoms with E-state index >= 15 is 0 Å². The fraction of sp³-hybridized carbons (Fsp3) is 1.00. The van der Waals surface area contributed by atoms with Gasteiger partial charge in [-0.15, -0.1) is 0 Å². The maximum Gasteiger partial charge on any atom is 0.0194 e. The third-order valence-electron chi connectivity index (χ3n) is 3.55. The Morgan fingerprint density at radius 2 is 1.75 bits per heavy atom. The van der Waals surface area contributed by atoms with Gasteiger partial charge >= 0.3 is 0 Å². The molecule has 0 saturated heterocycles. The predicted octanol–water partition coefficient (Wildman–Crippen LogP) is 3.13. The van der Waals surface area contributed by atoms with E-state index < -0.39 is 0 Å². The monoisotopic (exact) mass is 228 g/mol. The van der Waals surface area contributed by atoms with Gasteiger partial charge in [-0.3, -0.25) is 0 Å². The second-order valence-electron chi connectivity index (χ2n) is 6.02. The third kappa shape index (κ3) is 5.86. The van der Waals surface area contributed by atoms with Crippen molar-refractivity contribution in [2.45, 2.75) is 66.5 Å². The number of hydrogen-bond donors (Lipinski definition) is 1. The van der Waals surface area contributed by atoms with Crippen molar-refractivity contribution in [2.75, 3.05) is 20.1 Å². The van der Waals surface area contributed by atoms with Crippen LogP contribution in [-0.4, -0.2) is 37.1 Å². The van der Waals surface area contributed by atoms with Crippen molar-refractivity contribution < 1.29 is 0 Å². The Kier molecular flexibility index (Phi) is 7.25. The van der Waals surface area contributed by atoms with Crippen molar-refractivity contribution in [1.82, 2.24) is 10.2 Å². The molecule has 0 fully saturated rings. The van der Waals surface area contributed by atoms with Crippen LogP contribution in [0.2, 0.25) is 0 Å². The summed E-state index contributed by atoms with van der Waals surface area (Å²) in [7, 11) is 2.25. The van der Waals surface area contributed by atoms with Gasteiger partial charge in [0.05, 0.1) is 0 Å². The number of rotatable bonds is 7. The molecule has 2 unspecified atom stereocenters. The molecule has 2 nitrogen and oxygen atoms in total. The maximum absolute atomic E-state index is 3.58. The minimum Gasteiger partial charge on any atom is -0.313 e. The predicted molar refractivity (Wildman–Crippen MR) is 73.9 cm³/mol. The zero-order valence-corrected chi connectivity index (χ0v) is 12.4. The summed E-state index contributed by atoms with van der Waals surface area (Å²) in [6.07, 6.45) is 2.53. The zero-order valence-electron chi connectivity index (χ0n) is 12.4. The van der Waals surface area contributed by atoms with Crippen molar-refractivity contribution in [3.05, 3.63) is 0 Å². The normalized spacial score (nSPS) is 16.5. The van der Waals surface area contributed by atoms with Gasteiger partial charge < -0.3 is 10.2 Å². The Bertz CT molecular complexity index is 166. The van der Waals surface area contributed by atoms with E-state index in [0.29, 0.717) is 17.5 Å². The topological polar surface area (TPSA) is 15.3 Å². The second kappa shape index (κ2) is 7.29. The molecule has 0 aromatic carbocycles. The summed E-state index contributed by atoms with van der Waals surface area (Å²) in [6, 6.07) is 1.26. The Labute approximate surface area is 103 Å². The molecule has 0 aliphatic heterocycles. The summed E-state index contributed by atoms with van der Waals surface area (Å²) in [5.74, 6) is 0. The third-order valence-corrected chi connectivity index (χ3v) is 3.55. The number of hydrogen-bond acceptors (Lipinski definition) is 2. The minimum atomic E-state index is 0.359. The summed E-state index contributed by atoms with van der Waals surface area (Å²) < 4.78 is 0. The largest absolute Gasteiger partial charge is 0.313 e. The van der Waals surface area contributed by atoms with Gasteiger partial charge in [-0.2, -0.15) is 0 Å². The van der Waals surface area contributed by atoms with Crippen molar-refractivity contribution in [3.63, 3.8) is 0 Å². The van der Waals surface area contributed by atoms with Crippen LogP contribution in [0.4, 0.5) is 0 Å². The molecule has 0 spiro atoms. The van der Waals surface area contributed by atoms with E-state index in [1.165, 1.54) is 12.8 Å². The molecule has 0 heterocycles. The van der Waals surface area contributed by atoms with Gasteiger partial charge in [0.2, 0.25) is 0 Å². The molecule has 0 amide bonds. The highest BCUT2D eigenvalue weighted by molar-refractivity contribution is 4.80. The summed E-state index contributed by atoms with van der Waals surface area (Å²) in [5.41, 5.74) is 0.359. The number of nitrogens with one attached hydrogen (secondary N) is 1. The van der Waals surface area contributed by atoms with Gasteiger partial charge in [-0.25, -0.2) is 0 Å². The van der Waals surface area contributed by atoms with Crippen molar-refractivity contribution in [2.24, 2.45) is 5.41 Å². The molecule has 0 aromatic heterocycles. The molecule has 2 atom stereocenters. The highest BCUT2D eigenvalue weighted by Crippen LogP contribution is 2.23. The highest BCUT2D eigenvalue weighted by atomic mass is 15.2. The van der Waals surface area contributed by atoms with Crippen LogP contribution in [-0.2, 0) is 0 Å². The molecule has 16 heavy (non-hydrogen) atoms. The Hall–Kier alpha value is -0.0800. The van der Waals surface area contributed by atoms with Crippen molar-refractivity contribution in [3.8, 4) is 0 Å². The van der Waals surface area contributed by atoms with Crippen LogP contribution in [0.25, 0.3) is 0 Å². The standard InChI is InChI=1S/C14H32N2/c1-8-10-13(15-9-2)11-16(7)12(3)14(4,5)6/h12-13,15H,8-11H2,1-7H3. The molecule has 0 radical (unpaired) electrons. The van der Waals surface area contributed by atoms with Crippen LogP contribution in [0.15, 0.2) is 0 Å². The first-order chi connectivity index (χ1) is 7.32. The van der Waals surface area contributed by atoms with E-state index in [4.69, 9.17) is 0 Å². The van der Waals surface area contributed by atoms with E-state index in [-0.39, 0.29) is 0 Å². The van der Waals surface area contributed by atoms with Gasteiger partial charge in [0.1, 0.15) is 0 Å². The lowest BCUT2D eigenvalue weighted by atomic mass is 9.87. The molecular formula is C14H32N2.